The molecule has 2 amide bonds. The molecule has 0 bridgehead atoms. The lowest BCUT2D eigenvalue weighted by atomic mass is 9.89. The summed E-state index contributed by atoms with van der Waals surface area (Å²) in [5, 5.41) is 12.3. The van der Waals surface area contributed by atoms with Gasteiger partial charge in [0.1, 0.15) is 6.04 Å². The van der Waals surface area contributed by atoms with Crippen molar-refractivity contribution in [2.24, 2.45) is 5.92 Å². The van der Waals surface area contributed by atoms with Crippen molar-refractivity contribution in [2.45, 2.75) is 76.7 Å². The average Bonchev–Trinajstić information content (AvgIpc) is 3.65. The number of ether oxygens (including phenoxy) is 2. The normalized spacial score (nSPS) is 22.0. The maximum absolute atomic E-state index is 13.1. The summed E-state index contributed by atoms with van der Waals surface area (Å²) in [6.45, 7) is 4.16. The van der Waals surface area contributed by atoms with E-state index in [1.165, 1.54) is 11.1 Å². The Morgan fingerprint density at radius 2 is 1.38 bits per heavy atom. The summed E-state index contributed by atoms with van der Waals surface area (Å²) in [4.78, 5) is 27.7. The van der Waals surface area contributed by atoms with Crippen LogP contribution in [0.3, 0.4) is 0 Å². The van der Waals surface area contributed by atoms with Crippen LogP contribution < -0.4 is 5.32 Å². The van der Waals surface area contributed by atoms with Gasteiger partial charge in [0.05, 0.1) is 18.8 Å². The average molecular weight is 716 g/mol. The number of halogens is 3. The first kappa shape index (κ1) is 37.2. The van der Waals surface area contributed by atoms with Crippen molar-refractivity contribution >= 4 is 11.8 Å². The molecular formula is C41H44F3N3O5. The smallest absolute Gasteiger partial charge is 0.392 e. The molecule has 2 saturated heterocycles. The Morgan fingerprint density at radius 3 is 1.96 bits per heavy atom. The van der Waals surface area contributed by atoms with Crippen molar-refractivity contribution in [3.63, 3.8) is 0 Å². The molecule has 4 aromatic carbocycles. The van der Waals surface area contributed by atoms with E-state index in [0.29, 0.717) is 17.9 Å². The molecule has 2 N–H and O–H groups in total. The second-order valence-electron chi connectivity index (χ2n) is 13.6. The molecule has 0 radical (unpaired) electrons. The molecule has 4 aromatic rings. The van der Waals surface area contributed by atoms with Crippen LogP contribution in [0.4, 0.5) is 13.2 Å². The predicted octanol–water partition coefficient (Wildman–Crippen LogP) is 6.84. The van der Waals surface area contributed by atoms with Crippen LogP contribution >= 0.6 is 0 Å². The third kappa shape index (κ3) is 9.27. The van der Waals surface area contributed by atoms with Gasteiger partial charge in [-0.1, -0.05) is 116 Å². The summed E-state index contributed by atoms with van der Waals surface area (Å²) >= 11 is 0. The fourth-order valence-electron chi connectivity index (χ4n) is 7.00. The number of hydrogen-bond acceptors (Lipinski definition) is 6. The van der Waals surface area contributed by atoms with Gasteiger partial charge < -0.3 is 24.8 Å². The lowest BCUT2D eigenvalue weighted by Crippen LogP contribution is -2.50. The van der Waals surface area contributed by atoms with Crippen molar-refractivity contribution in [1.29, 1.82) is 0 Å². The first-order valence-electron chi connectivity index (χ1n) is 17.6. The lowest BCUT2D eigenvalue weighted by Gasteiger charge is -2.43. The van der Waals surface area contributed by atoms with Gasteiger partial charge in [0.2, 0.25) is 5.91 Å². The van der Waals surface area contributed by atoms with Gasteiger partial charge in [-0.3, -0.25) is 14.5 Å². The highest BCUT2D eigenvalue weighted by molar-refractivity contribution is 5.90. The minimum atomic E-state index is -5.03. The molecule has 11 heteroatoms. The summed E-state index contributed by atoms with van der Waals surface area (Å²) < 4.78 is 52.6. The first-order chi connectivity index (χ1) is 25.1. The van der Waals surface area contributed by atoms with E-state index in [2.05, 4.69) is 41.4 Å². The molecule has 0 spiro atoms. The largest absolute Gasteiger partial charge is 0.471 e. The Morgan fingerprint density at radius 1 is 0.808 bits per heavy atom. The van der Waals surface area contributed by atoms with E-state index in [9.17, 15) is 27.9 Å². The highest BCUT2D eigenvalue weighted by atomic mass is 19.4. The molecule has 0 aliphatic carbocycles. The van der Waals surface area contributed by atoms with Gasteiger partial charge in [0.25, 0.3) is 0 Å². The zero-order valence-corrected chi connectivity index (χ0v) is 29.0. The molecule has 2 aliphatic heterocycles. The number of likely N-dealkylation sites (tertiary alicyclic amines) is 1. The number of rotatable bonds is 12. The van der Waals surface area contributed by atoms with Crippen molar-refractivity contribution in [3.05, 3.63) is 143 Å². The Balaban J connectivity index is 1.19. The summed E-state index contributed by atoms with van der Waals surface area (Å²) in [7, 11) is 0. The summed E-state index contributed by atoms with van der Waals surface area (Å²) in [6.07, 6.45) is -5.74. The summed E-state index contributed by atoms with van der Waals surface area (Å²) in [5.74, 6) is -2.62. The molecule has 0 saturated carbocycles. The zero-order valence-electron chi connectivity index (χ0n) is 29.0. The molecule has 2 aliphatic rings. The van der Waals surface area contributed by atoms with Gasteiger partial charge >= 0.3 is 12.1 Å². The van der Waals surface area contributed by atoms with Crippen LogP contribution in [0.5, 0.6) is 0 Å². The van der Waals surface area contributed by atoms with E-state index in [-0.39, 0.29) is 44.2 Å². The quantitative estimate of drug-likeness (QED) is 0.167. The standard InChI is InChI=1S/C41H44F3N3O5/c1-28-36(26-46(24-30-9-4-2-5-10-30)25-31-11-6-3-7-12-31)51-39(52-37(28)33-18-16-32(27-48)17-19-33)34-20-14-29(15-21-34)23-45-38(49)35-13-8-22-47(35)40(50)41(42,43)44/h2-7,9-12,14-21,28,35-37,39,48H,8,13,22-27H2,1H3,(H,45,49). The number of nitrogens with zero attached hydrogens (tertiary/aromatic N) is 2. The molecule has 2 fully saturated rings. The van der Waals surface area contributed by atoms with Crippen molar-refractivity contribution in [2.75, 3.05) is 13.1 Å². The van der Waals surface area contributed by atoms with E-state index in [4.69, 9.17) is 9.47 Å². The Kier molecular flexibility index (Phi) is 12.1. The third-order valence-electron chi connectivity index (χ3n) is 9.84. The molecule has 5 unspecified atom stereocenters. The highest BCUT2D eigenvalue weighted by Crippen LogP contribution is 2.42. The number of benzene rings is 4. The van der Waals surface area contributed by atoms with Crippen LogP contribution in [0.1, 0.15) is 65.5 Å². The maximum Gasteiger partial charge on any atom is 0.471 e. The van der Waals surface area contributed by atoms with Gasteiger partial charge in [-0.15, -0.1) is 0 Å². The zero-order chi connectivity index (χ0) is 36.7. The number of aliphatic hydroxyl groups is 1. The number of carbonyl (C=O) groups is 2. The van der Waals surface area contributed by atoms with Crippen LogP contribution in [0.2, 0.25) is 0 Å². The highest BCUT2D eigenvalue weighted by Gasteiger charge is 2.47. The van der Waals surface area contributed by atoms with Gasteiger partial charge in [0, 0.05) is 44.2 Å². The van der Waals surface area contributed by atoms with Crippen LogP contribution in [0.15, 0.2) is 109 Å². The van der Waals surface area contributed by atoms with E-state index in [1.807, 2.05) is 84.9 Å². The van der Waals surface area contributed by atoms with E-state index < -0.39 is 30.3 Å². The molecule has 274 valence electrons. The Labute approximate surface area is 302 Å². The van der Waals surface area contributed by atoms with Gasteiger partial charge in [0.15, 0.2) is 6.29 Å². The van der Waals surface area contributed by atoms with Crippen LogP contribution in [-0.2, 0) is 45.3 Å². The molecule has 0 aromatic heterocycles. The van der Waals surface area contributed by atoms with Crippen molar-refractivity contribution in [3.8, 4) is 0 Å². The van der Waals surface area contributed by atoms with E-state index >= 15 is 0 Å². The van der Waals surface area contributed by atoms with Gasteiger partial charge in [-0.2, -0.15) is 13.2 Å². The fraction of sp³-hybridized carbons (Fsp3) is 0.366. The number of aliphatic hydroxyl groups excluding tert-OH is 1. The predicted molar refractivity (Wildman–Crippen MR) is 189 cm³/mol. The van der Waals surface area contributed by atoms with Crippen molar-refractivity contribution in [1.82, 2.24) is 15.1 Å². The number of hydrogen-bond donors (Lipinski definition) is 2. The summed E-state index contributed by atoms with van der Waals surface area (Å²) in [5.41, 5.74) is 5.69. The summed E-state index contributed by atoms with van der Waals surface area (Å²) in [6, 6.07) is 34.7. The fourth-order valence-corrected chi connectivity index (χ4v) is 7.00. The Hall–Kier alpha value is -4.55. The third-order valence-corrected chi connectivity index (χ3v) is 9.84. The molecule has 6 rings (SSSR count). The van der Waals surface area contributed by atoms with Crippen LogP contribution in [0.25, 0.3) is 0 Å². The molecule has 52 heavy (non-hydrogen) atoms. The minimum absolute atomic E-state index is 0.0286. The SMILES string of the molecule is CC1C(CN(Cc2ccccc2)Cc2ccccc2)OC(c2ccc(CNC(=O)C3CCCN3C(=O)C(F)(F)F)cc2)OC1c1ccc(CO)cc1. The number of amides is 2. The minimum Gasteiger partial charge on any atom is -0.392 e. The van der Waals surface area contributed by atoms with Crippen LogP contribution in [0, 0.1) is 5.92 Å². The van der Waals surface area contributed by atoms with Crippen LogP contribution in [-0.4, -0.2) is 58.1 Å². The van der Waals surface area contributed by atoms with Gasteiger partial charge in [-0.25, -0.2) is 0 Å². The number of nitrogens with one attached hydrogen (secondary N) is 1. The second-order valence-corrected chi connectivity index (χ2v) is 13.6. The molecular weight excluding hydrogens is 671 g/mol. The topological polar surface area (TPSA) is 91.3 Å². The van der Waals surface area contributed by atoms with Crippen molar-refractivity contribution < 1.29 is 37.3 Å². The number of carbonyl (C=O) groups excluding carboxylic acids is 2. The maximum atomic E-state index is 13.1. The van der Waals surface area contributed by atoms with Gasteiger partial charge in [-0.05, 0) is 40.7 Å². The van der Waals surface area contributed by atoms with E-state index in [1.54, 1.807) is 0 Å². The number of alkyl halides is 3. The molecule has 2 heterocycles. The molecule has 8 nitrogen and oxygen atoms in total. The molecule has 5 atom stereocenters. The lowest BCUT2D eigenvalue weighted by molar-refractivity contribution is -0.276. The Bertz CT molecular complexity index is 1720. The first-order valence-corrected chi connectivity index (χ1v) is 17.6. The second kappa shape index (κ2) is 16.9. The van der Waals surface area contributed by atoms with E-state index in [0.717, 1.165) is 35.3 Å². The monoisotopic (exact) mass is 715 g/mol.